The van der Waals surface area contributed by atoms with Gasteiger partial charge in [-0.2, -0.15) is 0 Å². The fraction of sp³-hybridized carbons (Fsp3) is 0.0833. The number of aromatic nitrogens is 1. The SMILES string of the molecule is Cc1cc(Cl)c(N)cc1S(=O)(=O)Nc1cnccc1Cl. The molecule has 3 N–H and O–H groups in total. The molecule has 0 radical (unpaired) electrons. The highest BCUT2D eigenvalue weighted by atomic mass is 35.5. The predicted octanol–water partition coefficient (Wildman–Crippen LogP) is 3.08. The van der Waals surface area contributed by atoms with Gasteiger partial charge >= 0.3 is 0 Å². The Bertz CT molecular complexity index is 763. The average Bonchev–Trinajstić information content (AvgIpc) is 2.36. The number of aryl methyl sites for hydroxylation is 1. The van der Waals surface area contributed by atoms with Crippen molar-refractivity contribution < 1.29 is 8.42 Å². The molecule has 1 aromatic carbocycles. The Labute approximate surface area is 126 Å². The van der Waals surface area contributed by atoms with E-state index in [1.807, 2.05) is 0 Å². The van der Waals surface area contributed by atoms with Crippen molar-refractivity contribution in [3.05, 3.63) is 46.2 Å². The third kappa shape index (κ3) is 2.98. The molecule has 0 atom stereocenters. The van der Waals surface area contributed by atoms with Gasteiger partial charge in [-0.1, -0.05) is 23.2 Å². The Morgan fingerprint density at radius 3 is 2.60 bits per heavy atom. The number of pyridine rings is 1. The molecule has 0 spiro atoms. The summed E-state index contributed by atoms with van der Waals surface area (Å²) in [6.45, 7) is 1.63. The van der Waals surface area contributed by atoms with Gasteiger partial charge in [0, 0.05) is 6.20 Å². The van der Waals surface area contributed by atoms with E-state index < -0.39 is 10.0 Å². The molecule has 8 heteroatoms. The van der Waals surface area contributed by atoms with Gasteiger partial charge in [0.2, 0.25) is 0 Å². The summed E-state index contributed by atoms with van der Waals surface area (Å²) in [7, 11) is -3.82. The number of anilines is 2. The molecule has 0 aliphatic heterocycles. The fourth-order valence-corrected chi connectivity index (χ4v) is 3.36. The summed E-state index contributed by atoms with van der Waals surface area (Å²) in [6.07, 6.45) is 2.79. The first kappa shape index (κ1) is 14.9. The van der Waals surface area contributed by atoms with Gasteiger partial charge in [0.05, 0.1) is 32.5 Å². The Balaban J connectivity index is 2.47. The lowest BCUT2D eigenvalue weighted by atomic mass is 10.2. The van der Waals surface area contributed by atoms with Gasteiger partial charge in [0.15, 0.2) is 0 Å². The Kier molecular flexibility index (Phi) is 4.08. The topological polar surface area (TPSA) is 85.1 Å². The second kappa shape index (κ2) is 5.47. The van der Waals surface area contributed by atoms with Crippen LogP contribution in [0.4, 0.5) is 11.4 Å². The summed E-state index contributed by atoms with van der Waals surface area (Å²) in [5.41, 5.74) is 6.52. The van der Waals surface area contributed by atoms with Gasteiger partial charge in [0.1, 0.15) is 0 Å². The van der Waals surface area contributed by atoms with Crippen molar-refractivity contribution in [3.8, 4) is 0 Å². The number of hydrogen-bond acceptors (Lipinski definition) is 4. The van der Waals surface area contributed by atoms with E-state index >= 15 is 0 Å². The van der Waals surface area contributed by atoms with Gasteiger partial charge in [-0.25, -0.2) is 8.42 Å². The summed E-state index contributed by atoms with van der Waals surface area (Å²) in [4.78, 5) is 3.86. The molecule has 20 heavy (non-hydrogen) atoms. The lowest BCUT2D eigenvalue weighted by Gasteiger charge is -2.12. The Morgan fingerprint density at radius 1 is 1.25 bits per heavy atom. The zero-order chi connectivity index (χ0) is 14.9. The first-order valence-electron chi connectivity index (χ1n) is 5.49. The van der Waals surface area contributed by atoms with Crippen LogP contribution in [0.15, 0.2) is 35.5 Å². The van der Waals surface area contributed by atoms with Crippen molar-refractivity contribution in [1.82, 2.24) is 4.98 Å². The summed E-state index contributed by atoms with van der Waals surface area (Å²) in [5.74, 6) is 0. The second-order valence-corrected chi connectivity index (χ2v) is 6.57. The maximum absolute atomic E-state index is 12.3. The van der Waals surface area contributed by atoms with Crippen molar-refractivity contribution in [3.63, 3.8) is 0 Å². The maximum Gasteiger partial charge on any atom is 0.262 e. The van der Waals surface area contributed by atoms with E-state index in [1.54, 1.807) is 6.92 Å². The highest BCUT2D eigenvalue weighted by molar-refractivity contribution is 7.92. The highest BCUT2D eigenvalue weighted by Gasteiger charge is 2.19. The predicted molar refractivity (Wildman–Crippen MR) is 80.7 cm³/mol. The zero-order valence-corrected chi connectivity index (χ0v) is 12.7. The molecule has 0 saturated carbocycles. The molecular weight excluding hydrogens is 321 g/mol. The maximum atomic E-state index is 12.3. The van der Waals surface area contributed by atoms with Crippen LogP contribution in [0.2, 0.25) is 10.0 Å². The lowest BCUT2D eigenvalue weighted by Crippen LogP contribution is -2.15. The molecule has 0 aliphatic carbocycles. The summed E-state index contributed by atoms with van der Waals surface area (Å²) in [6, 6.07) is 4.29. The van der Waals surface area contributed by atoms with Gasteiger partial charge in [-0.15, -0.1) is 0 Å². The van der Waals surface area contributed by atoms with E-state index in [2.05, 4.69) is 9.71 Å². The van der Waals surface area contributed by atoms with Crippen molar-refractivity contribution in [2.24, 2.45) is 0 Å². The first-order chi connectivity index (χ1) is 9.31. The molecule has 106 valence electrons. The molecule has 0 aliphatic rings. The van der Waals surface area contributed by atoms with Crippen molar-refractivity contribution in [2.45, 2.75) is 11.8 Å². The molecule has 0 amide bonds. The normalized spacial score (nSPS) is 11.3. The number of benzene rings is 1. The standard InChI is InChI=1S/C12H11Cl2N3O2S/c1-7-4-9(14)10(15)5-12(7)20(18,19)17-11-6-16-3-2-8(11)13/h2-6,17H,15H2,1H3. The van der Waals surface area contributed by atoms with Crippen LogP contribution in [0.1, 0.15) is 5.56 Å². The van der Waals surface area contributed by atoms with Gasteiger partial charge in [-0.05, 0) is 30.7 Å². The minimum Gasteiger partial charge on any atom is -0.397 e. The Hall–Kier alpha value is -1.50. The highest BCUT2D eigenvalue weighted by Crippen LogP contribution is 2.29. The second-order valence-electron chi connectivity index (χ2n) is 4.10. The molecule has 1 heterocycles. The van der Waals surface area contributed by atoms with Gasteiger partial charge < -0.3 is 5.73 Å². The van der Waals surface area contributed by atoms with Crippen LogP contribution < -0.4 is 10.5 Å². The number of nitrogens with zero attached hydrogens (tertiary/aromatic N) is 1. The monoisotopic (exact) mass is 331 g/mol. The quantitative estimate of drug-likeness (QED) is 0.846. The molecule has 2 rings (SSSR count). The Morgan fingerprint density at radius 2 is 1.95 bits per heavy atom. The number of nitrogen functional groups attached to an aromatic ring is 1. The van der Waals surface area contributed by atoms with Gasteiger partial charge in [-0.3, -0.25) is 9.71 Å². The zero-order valence-electron chi connectivity index (χ0n) is 10.4. The van der Waals surface area contributed by atoms with Crippen LogP contribution in [0.5, 0.6) is 0 Å². The van der Waals surface area contributed by atoms with Crippen LogP contribution in [-0.2, 0) is 10.0 Å². The number of rotatable bonds is 3. The summed E-state index contributed by atoms with van der Waals surface area (Å²) < 4.78 is 27.1. The molecule has 0 saturated heterocycles. The number of sulfonamides is 1. The minimum absolute atomic E-state index is 0.0410. The number of nitrogens with one attached hydrogen (secondary N) is 1. The molecule has 0 bridgehead atoms. The first-order valence-corrected chi connectivity index (χ1v) is 7.73. The van der Waals surface area contributed by atoms with E-state index in [9.17, 15) is 8.42 Å². The van der Waals surface area contributed by atoms with Gasteiger partial charge in [0.25, 0.3) is 10.0 Å². The molecule has 0 fully saturated rings. The number of hydrogen-bond donors (Lipinski definition) is 2. The van der Waals surface area contributed by atoms with E-state index in [0.29, 0.717) is 10.6 Å². The van der Waals surface area contributed by atoms with E-state index in [4.69, 9.17) is 28.9 Å². The van der Waals surface area contributed by atoms with Crippen LogP contribution in [-0.4, -0.2) is 13.4 Å². The van der Waals surface area contributed by atoms with Crippen LogP contribution in [0, 0.1) is 6.92 Å². The third-order valence-electron chi connectivity index (χ3n) is 2.60. The summed E-state index contributed by atoms with van der Waals surface area (Å²) >= 11 is 11.8. The van der Waals surface area contributed by atoms with Crippen molar-refractivity contribution >= 4 is 44.6 Å². The van der Waals surface area contributed by atoms with Crippen LogP contribution in [0.3, 0.4) is 0 Å². The summed E-state index contributed by atoms with van der Waals surface area (Å²) in [5, 5.41) is 0.559. The molecule has 1 aromatic heterocycles. The lowest BCUT2D eigenvalue weighted by molar-refractivity contribution is 0.600. The van der Waals surface area contributed by atoms with Crippen molar-refractivity contribution in [2.75, 3.05) is 10.5 Å². The average molecular weight is 332 g/mol. The molecule has 2 aromatic rings. The smallest absolute Gasteiger partial charge is 0.262 e. The molecule has 0 unspecified atom stereocenters. The van der Waals surface area contributed by atoms with E-state index in [1.165, 1.54) is 30.6 Å². The number of halogens is 2. The van der Waals surface area contributed by atoms with Crippen LogP contribution in [0.25, 0.3) is 0 Å². The number of nitrogens with two attached hydrogens (primary N) is 1. The van der Waals surface area contributed by atoms with E-state index in [0.717, 1.165) is 0 Å². The largest absolute Gasteiger partial charge is 0.397 e. The molecule has 5 nitrogen and oxygen atoms in total. The van der Waals surface area contributed by atoms with Crippen LogP contribution >= 0.6 is 23.2 Å². The fourth-order valence-electron chi connectivity index (χ4n) is 1.61. The van der Waals surface area contributed by atoms with E-state index in [-0.39, 0.29) is 21.3 Å². The molecular formula is C12H11Cl2N3O2S. The minimum atomic E-state index is -3.82. The third-order valence-corrected chi connectivity index (χ3v) is 4.76. The van der Waals surface area contributed by atoms with Crippen molar-refractivity contribution in [1.29, 1.82) is 0 Å².